The Morgan fingerprint density at radius 1 is 1.20 bits per heavy atom. The van der Waals surface area contributed by atoms with E-state index in [1.165, 1.54) is 29.3 Å². The Morgan fingerprint density at radius 2 is 2.03 bits per heavy atom. The first-order chi connectivity index (χ1) is 14.4. The minimum Gasteiger partial charge on any atom is -0.406 e. The second kappa shape index (κ2) is 8.15. The van der Waals surface area contributed by atoms with Crippen LogP contribution in [0.25, 0.3) is 11.2 Å². The molecule has 2 aromatic heterocycles. The number of oxazole rings is 1. The number of benzene rings is 1. The molecule has 2 N–H and O–H groups in total. The highest BCUT2D eigenvalue weighted by molar-refractivity contribution is 6.39. The third-order valence-electron chi connectivity index (χ3n) is 4.78. The average molecular weight is 434 g/mol. The second-order valence-electron chi connectivity index (χ2n) is 6.77. The number of aromatic nitrogens is 2. The lowest BCUT2D eigenvalue weighted by Crippen LogP contribution is -2.41. The van der Waals surface area contributed by atoms with E-state index >= 15 is 0 Å². The van der Waals surface area contributed by atoms with E-state index in [2.05, 4.69) is 15.3 Å². The number of pyridine rings is 1. The van der Waals surface area contributed by atoms with E-state index in [1.54, 1.807) is 6.07 Å². The monoisotopic (exact) mass is 433 g/mol. The van der Waals surface area contributed by atoms with Crippen molar-refractivity contribution >= 4 is 46.0 Å². The fourth-order valence-electron chi connectivity index (χ4n) is 3.30. The van der Waals surface area contributed by atoms with Crippen LogP contribution in [0.15, 0.2) is 39.7 Å². The maximum absolute atomic E-state index is 13.7. The third kappa shape index (κ3) is 4.13. The molecule has 11 heteroatoms. The third-order valence-corrected chi connectivity index (χ3v) is 5.09. The lowest BCUT2D eigenvalue weighted by Gasteiger charge is -2.23. The molecule has 9 nitrogen and oxygen atoms in total. The van der Waals surface area contributed by atoms with Crippen molar-refractivity contribution < 1.29 is 18.4 Å². The summed E-state index contributed by atoms with van der Waals surface area (Å²) < 4.78 is 18.6. The zero-order valence-corrected chi connectivity index (χ0v) is 16.4. The van der Waals surface area contributed by atoms with Crippen LogP contribution in [0.3, 0.4) is 0 Å². The molecule has 0 atom stereocenters. The van der Waals surface area contributed by atoms with Crippen LogP contribution in [0, 0.1) is 5.82 Å². The van der Waals surface area contributed by atoms with Crippen LogP contribution in [0.2, 0.25) is 5.02 Å². The molecule has 156 valence electrons. The van der Waals surface area contributed by atoms with Crippen molar-refractivity contribution in [1.29, 1.82) is 0 Å². The number of carbonyl (C=O) groups is 2. The number of fused-ring (bicyclic) bond motifs is 1. The molecule has 1 saturated heterocycles. The van der Waals surface area contributed by atoms with Gasteiger partial charge in [-0.2, -0.15) is 0 Å². The van der Waals surface area contributed by atoms with Gasteiger partial charge in [-0.25, -0.2) is 14.2 Å². The molecule has 0 radical (unpaired) electrons. The summed E-state index contributed by atoms with van der Waals surface area (Å²) in [5.74, 6) is -2.67. The predicted molar refractivity (Wildman–Crippen MR) is 108 cm³/mol. The number of H-pyrrole nitrogens is 1. The van der Waals surface area contributed by atoms with Crippen LogP contribution in [0.4, 0.5) is 15.8 Å². The van der Waals surface area contributed by atoms with Crippen molar-refractivity contribution in [3.05, 3.63) is 51.9 Å². The van der Waals surface area contributed by atoms with E-state index in [0.717, 1.165) is 0 Å². The average Bonchev–Trinajstić information content (AvgIpc) is 2.93. The summed E-state index contributed by atoms with van der Waals surface area (Å²) in [5, 5.41) is 2.52. The quantitative estimate of drug-likeness (QED) is 0.598. The molecular formula is C19H17ClFN5O4. The van der Waals surface area contributed by atoms with Crippen molar-refractivity contribution in [3.63, 3.8) is 0 Å². The van der Waals surface area contributed by atoms with E-state index in [0.29, 0.717) is 38.3 Å². The minimum atomic E-state index is -0.819. The Hall–Kier alpha value is -3.40. The van der Waals surface area contributed by atoms with Crippen LogP contribution in [0.5, 0.6) is 0 Å². The molecule has 1 aliphatic heterocycles. The van der Waals surface area contributed by atoms with E-state index < -0.39 is 23.4 Å². The highest BCUT2D eigenvalue weighted by Gasteiger charge is 2.25. The summed E-state index contributed by atoms with van der Waals surface area (Å²) >= 11 is 5.73. The number of halogens is 2. The summed E-state index contributed by atoms with van der Waals surface area (Å²) in [6.07, 6.45) is 1.93. The number of hydrogen-bond donors (Lipinski definition) is 2. The molecule has 3 aromatic rings. The lowest BCUT2D eigenvalue weighted by molar-refractivity contribution is -0.143. The SMILES string of the molecule is O=C(Nc1cnc2[nH]c(=O)oc2c1)C(=O)N1CCCN(c2ccc(Cl)c(F)c2)CC1. The summed E-state index contributed by atoms with van der Waals surface area (Å²) in [7, 11) is 0. The predicted octanol–water partition coefficient (Wildman–Crippen LogP) is 1.99. The van der Waals surface area contributed by atoms with Gasteiger partial charge in [-0.3, -0.25) is 14.6 Å². The first kappa shape index (κ1) is 19.9. The van der Waals surface area contributed by atoms with Gasteiger partial charge >= 0.3 is 17.6 Å². The summed E-state index contributed by atoms with van der Waals surface area (Å²) in [6.45, 7) is 1.75. The second-order valence-corrected chi connectivity index (χ2v) is 7.18. The number of hydrogen-bond acceptors (Lipinski definition) is 6. The largest absolute Gasteiger partial charge is 0.418 e. The maximum Gasteiger partial charge on any atom is 0.418 e. The van der Waals surface area contributed by atoms with Crippen LogP contribution >= 0.6 is 11.6 Å². The van der Waals surface area contributed by atoms with Crippen molar-refractivity contribution in [2.45, 2.75) is 6.42 Å². The fourth-order valence-corrected chi connectivity index (χ4v) is 3.41. The van der Waals surface area contributed by atoms with E-state index in [9.17, 15) is 18.8 Å². The molecule has 2 amide bonds. The van der Waals surface area contributed by atoms with Crippen molar-refractivity contribution in [2.75, 3.05) is 36.4 Å². The molecule has 1 aromatic carbocycles. The molecule has 30 heavy (non-hydrogen) atoms. The van der Waals surface area contributed by atoms with Gasteiger partial charge in [-0.15, -0.1) is 0 Å². The molecule has 0 bridgehead atoms. The Balaban J connectivity index is 1.40. The standard InChI is InChI=1S/C19H17ClFN5O4/c20-13-3-2-12(9-14(13)21)25-4-1-5-26(7-6-25)18(28)17(27)23-11-8-15-16(22-10-11)24-19(29)30-15/h2-3,8-10H,1,4-7H2,(H,23,27)(H,22,24,29). The number of amides is 2. The number of carbonyl (C=O) groups excluding carboxylic acids is 2. The first-order valence-corrected chi connectivity index (χ1v) is 9.57. The van der Waals surface area contributed by atoms with E-state index in [1.807, 2.05) is 4.90 Å². The van der Waals surface area contributed by atoms with Crippen molar-refractivity contribution in [1.82, 2.24) is 14.9 Å². The number of nitrogens with one attached hydrogen (secondary N) is 2. The zero-order chi connectivity index (χ0) is 21.3. The van der Waals surface area contributed by atoms with Gasteiger partial charge in [0.25, 0.3) is 0 Å². The lowest BCUT2D eigenvalue weighted by atomic mass is 10.2. The van der Waals surface area contributed by atoms with Gasteiger partial charge in [0, 0.05) is 37.9 Å². The van der Waals surface area contributed by atoms with Crippen molar-refractivity contribution in [3.8, 4) is 0 Å². The molecule has 1 aliphatic rings. The molecule has 1 fully saturated rings. The fraction of sp³-hybridized carbons (Fsp3) is 0.263. The molecule has 0 saturated carbocycles. The molecule has 4 rings (SSSR count). The minimum absolute atomic E-state index is 0.0497. The molecule has 0 aliphatic carbocycles. The van der Waals surface area contributed by atoms with Gasteiger partial charge in [0.2, 0.25) is 0 Å². The summed E-state index contributed by atoms with van der Waals surface area (Å²) in [5.41, 5.74) is 1.32. The molecule has 3 heterocycles. The normalized spacial score (nSPS) is 14.6. The highest BCUT2D eigenvalue weighted by Crippen LogP contribution is 2.23. The van der Waals surface area contributed by atoms with Gasteiger partial charge in [-0.1, -0.05) is 11.6 Å². The van der Waals surface area contributed by atoms with Crippen LogP contribution in [-0.2, 0) is 9.59 Å². The topological polar surface area (TPSA) is 112 Å². The van der Waals surface area contributed by atoms with E-state index in [4.69, 9.17) is 16.0 Å². The Bertz CT molecular complexity index is 1180. The van der Waals surface area contributed by atoms with Crippen LogP contribution in [-0.4, -0.2) is 52.9 Å². The number of anilines is 2. The summed E-state index contributed by atoms with van der Waals surface area (Å²) in [4.78, 5) is 45.9. The first-order valence-electron chi connectivity index (χ1n) is 9.20. The number of aromatic amines is 1. The number of rotatable bonds is 2. The number of nitrogens with zero attached hydrogens (tertiary/aromatic N) is 3. The molecule has 0 unspecified atom stereocenters. The van der Waals surface area contributed by atoms with Crippen molar-refractivity contribution in [2.24, 2.45) is 0 Å². The summed E-state index contributed by atoms with van der Waals surface area (Å²) in [6, 6.07) is 5.97. The van der Waals surface area contributed by atoms with Crippen LogP contribution in [0.1, 0.15) is 6.42 Å². The van der Waals surface area contributed by atoms with Crippen LogP contribution < -0.4 is 16.0 Å². The molecular weight excluding hydrogens is 417 g/mol. The van der Waals surface area contributed by atoms with Gasteiger partial charge < -0.3 is 19.5 Å². The molecule has 0 spiro atoms. The Morgan fingerprint density at radius 3 is 2.83 bits per heavy atom. The Labute approximate surface area is 174 Å². The van der Waals surface area contributed by atoms with Gasteiger partial charge in [-0.05, 0) is 24.6 Å². The zero-order valence-electron chi connectivity index (χ0n) is 15.7. The highest BCUT2D eigenvalue weighted by atomic mass is 35.5. The smallest absolute Gasteiger partial charge is 0.406 e. The Kier molecular flexibility index (Phi) is 5.40. The maximum atomic E-state index is 13.7. The van der Waals surface area contributed by atoms with E-state index in [-0.39, 0.29) is 21.9 Å². The van der Waals surface area contributed by atoms with Gasteiger partial charge in [0.15, 0.2) is 11.2 Å². The van der Waals surface area contributed by atoms with Gasteiger partial charge in [0.1, 0.15) is 5.82 Å². The van der Waals surface area contributed by atoms with Gasteiger partial charge in [0.05, 0.1) is 16.9 Å².